The van der Waals surface area contributed by atoms with E-state index >= 15 is 0 Å². The summed E-state index contributed by atoms with van der Waals surface area (Å²) in [5.74, 6) is -1.46. The number of thiazole rings is 1. The van der Waals surface area contributed by atoms with Gasteiger partial charge in [0.1, 0.15) is 10.8 Å². The maximum absolute atomic E-state index is 12.3. The van der Waals surface area contributed by atoms with E-state index in [1.807, 2.05) is 0 Å². The SMILES string of the molecule is COc1ccc(NC(=O)[C@H](C)c2nc(CC(=O)[O-])cs2)cc1Cl. The number of benzene rings is 1. The Kier molecular flexibility index (Phi) is 5.57. The number of aromatic nitrogens is 1. The molecule has 1 amide bonds. The lowest BCUT2D eigenvalue weighted by molar-refractivity contribution is -0.304. The van der Waals surface area contributed by atoms with Crippen molar-refractivity contribution in [2.24, 2.45) is 0 Å². The van der Waals surface area contributed by atoms with Crippen LogP contribution in [-0.4, -0.2) is 24.0 Å². The van der Waals surface area contributed by atoms with Crippen molar-refractivity contribution in [2.75, 3.05) is 12.4 Å². The van der Waals surface area contributed by atoms with Crippen molar-refractivity contribution in [1.29, 1.82) is 0 Å². The van der Waals surface area contributed by atoms with Crippen LogP contribution in [0.5, 0.6) is 5.75 Å². The zero-order chi connectivity index (χ0) is 17.0. The molecule has 0 aliphatic rings. The largest absolute Gasteiger partial charge is 0.550 e. The third-order valence-corrected chi connectivity index (χ3v) is 4.45. The summed E-state index contributed by atoms with van der Waals surface area (Å²) in [4.78, 5) is 27.0. The zero-order valence-electron chi connectivity index (χ0n) is 12.5. The number of anilines is 1. The Morgan fingerprint density at radius 3 is 2.83 bits per heavy atom. The second-order valence-corrected chi connectivity index (χ2v) is 6.08. The average molecular weight is 354 g/mol. The summed E-state index contributed by atoms with van der Waals surface area (Å²) in [6, 6.07) is 4.93. The maximum atomic E-state index is 12.3. The summed E-state index contributed by atoms with van der Waals surface area (Å²) in [6.45, 7) is 1.70. The van der Waals surface area contributed by atoms with Crippen molar-refractivity contribution in [3.8, 4) is 5.75 Å². The lowest BCUT2D eigenvalue weighted by Gasteiger charge is -2.11. The third kappa shape index (κ3) is 4.43. The van der Waals surface area contributed by atoms with Gasteiger partial charge in [0.05, 0.1) is 23.7 Å². The van der Waals surface area contributed by atoms with E-state index in [2.05, 4.69) is 10.3 Å². The molecular formula is C15H14ClN2O4S-. The zero-order valence-corrected chi connectivity index (χ0v) is 14.0. The second-order valence-electron chi connectivity index (χ2n) is 4.79. The predicted molar refractivity (Wildman–Crippen MR) is 85.9 cm³/mol. The Morgan fingerprint density at radius 2 is 2.22 bits per heavy atom. The fourth-order valence-electron chi connectivity index (χ4n) is 1.86. The third-order valence-electron chi connectivity index (χ3n) is 3.08. The van der Waals surface area contributed by atoms with Crippen molar-refractivity contribution >= 4 is 40.5 Å². The average Bonchev–Trinajstić information content (AvgIpc) is 2.94. The Hall–Kier alpha value is -2.12. The summed E-state index contributed by atoms with van der Waals surface area (Å²) in [7, 11) is 1.51. The molecule has 0 saturated carbocycles. The van der Waals surface area contributed by atoms with E-state index in [-0.39, 0.29) is 12.3 Å². The Morgan fingerprint density at radius 1 is 1.48 bits per heavy atom. The first-order valence-electron chi connectivity index (χ1n) is 6.69. The molecule has 23 heavy (non-hydrogen) atoms. The Balaban J connectivity index is 2.06. The van der Waals surface area contributed by atoms with Crippen LogP contribution in [0, 0.1) is 0 Å². The topological polar surface area (TPSA) is 91.3 Å². The molecule has 8 heteroatoms. The quantitative estimate of drug-likeness (QED) is 0.855. The molecule has 0 aliphatic carbocycles. The van der Waals surface area contributed by atoms with E-state index in [9.17, 15) is 14.7 Å². The summed E-state index contributed by atoms with van der Waals surface area (Å²) >= 11 is 7.25. The lowest BCUT2D eigenvalue weighted by atomic mass is 10.1. The van der Waals surface area contributed by atoms with Gasteiger partial charge in [0, 0.05) is 23.5 Å². The fraction of sp³-hybridized carbons (Fsp3) is 0.267. The van der Waals surface area contributed by atoms with Gasteiger partial charge in [-0.15, -0.1) is 11.3 Å². The normalized spacial score (nSPS) is 11.8. The highest BCUT2D eigenvalue weighted by Crippen LogP contribution is 2.28. The molecule has 0 fully saturated rings. The molecule has 1 N–H and O–H groups in total. The molecule has 6 nitrogen and oxygen atoms in total. The lowest BCUT2D eigenvalue weighted by Crippen LogP contribution is -2.24. The van der Waals surface area contributed by atoms with Crippen molar-refractivity contribution in [3.63, 3.8) is 0 Å². The van der Waals surface area contributed by atoms with Crippen LogP contribution < -0.4 is 15.2 Å². The Bertz CT molecular complexity index is 732. The van der Waals surface area contributed by atoms with Crippen LogP contribution in [0.2, 0.25) is 5.02 Å². The van der Waals surface area contributed by atoms with Crippen LogP contribution in [0.3, 0.4) is 0 Å². The first-order valence-corrected chi connectivity index (χ1v) is 7.95. The van der Waals surface area contributed by atoms with Gasteiger partial charge in [0.2, 0.25) is 5.91 Å². The maximum Gasteiger partial charge on any atom is 0.234 e. The highest BCUT2D eigenvalue weighted by Gasteiger charge is 2.19. The minimum Gasteiger partial charge on any atom is -0.550 e. The van der Waals surface area contributed by atoms with Crippen molar-refractivity contribution in [2.45, 2.75) is 19.3 Å². The van der Waals surface area contributed by atoms with Gasteiger partial charge in [-0.2, -0.15) is 0 Å². The van der Waals surface area contributed by atoms with Gasteiger partial charge in [-0.3, -0.25) is 4.79 Å². The number of amides is 1. The van der Waals surface area contributed by atoms with E-state index in [1.54, 1.807) is 30.5 Å². The van der Waals surface area contributed by atoms with Crippen LogP contribution in [0.15, 0.2) is 23.6 Å². The minimum atomic E-state index is -1.20. The van der Waals surface area contributed by atoms with Crippen LogP contribution in [-0.2, 0) is 16.0 Å². The van der Waals surface area contributed by atoms with Gasteiger partial charge in [-0.25, -0.2) is 4.98 Å². The summed E-state index contributed by atoms with van der Waals surface area (Å²) in [5, 5.41) is 15.8. The number of ether oxygens (including phenoxy) is 1. The number of rotatable bonds is 6. The number of carbonyl (C=O) groups excluding carboxylic acids is 2. The predicted octanol–water partition coefficient (Wildman–Crippen LogP) is 1.84. The second kappa shape index (κ2) is 7.43. The number of nitrogens with zero attached hydrogens (tertiary/aromatic N) is 1. The van der Waals surface area contributed by atoms with E-state index < -0.39 is 11.9 Å². The van der Waals surface area contributed by atoms with Crippen molar-refractivity contribution < 1.29 is 19.4 Å². The fourth-order valence-corrected chi connectivity index (χ4v) is 2.99. The standard InChI is InChI=1S/C15H15ClN2O4S/c1-8(15-18-10(7-23-15)6-13(19)20)14(21)17-9-3-4-12(22-2)11(16)5-9/h3-5,7-8H,6H2,1-2H3,(H,17,21)(H,19,20)/p-1/t8-/m0/s1. The van der Waals surface area contributed by atoms with Crippen molar-refractivity contribution in [3.05, 3.63) is 39.3 Å². The van der Waals surface area contributed by atoms with Gasteiger partial charge in [-0.05, 0) is 25.1 Å². The van der Waals surface area contributed by atoms with Gasteiger partial charge >= 0.3 is 0 Å². The number of hydrogen-bond donors (Lipinski definition) is 1. The molecule has 2 rings (SSSR count). The summed E-state index contributed by atoms with van der Waals surface area (Å²) < 4.78 is 5.05. The van der Waals surface area contributed by atoms with Gasteiger partial charge in [0.25, 0.3) is 0 Å². The molecular weight excluding hydrogens is 340 g/mol. The van der Waals surface area contributed by atoms with Crippen LogP contribution in [0.25, 0.3) is 0 Å². The van der Waals surface area contributed by atoms with Crippen LogP contribution in [0.4, 0.5) is 5.69 Å². The molecule has 0 bridgehead atoms. The van der Waals surface area contributed by atoms with Crippen molar-refractivity contribution in [1.82, 2.24) is 4.98 Å². The van der Waals surface area contributed by atoms with E-state index in [0.717, 1.165) is 0 Å². The van der Waals surface area contributed by atoms with Crippen LogP contribution in [0.1, 0.15) is 23.5 Å². The number of methoxy groups -OCH3 is 1. The number of carboxylic acid groups (broad SMARTS) is 1. The molecule has 1 aromatic heterocycles. The molecule has 1 aromatic carbocycles. The van der Waals surface area contributed by atoms with Gasteiger partial charge in [-0.1, -0.05) is 11.6 Å². The summed E-state index contributed by atoms with van der Waals surface area (Å²) in [5.41, 5.74) is 0.927. The number of carbonyl (C=O) groups is 2. The van der Waals surface area contributed by atoms with E-state index in [4.69, 9.17) is 16.3 Å². The first-order chi connectivity index (χ1) is 10.9. The van der Waals surface area contributed by atoms with E-state index in [0.29, 0.717) is 27.2 Å². The molecule has 1 atom stereocenters. The highest BCUT2D eigenvalue weighted by molar-refractivity contribution is 7.09. The molecule has 0 spiro atoms. The number of carboxylic acids is 1. The molecule has 0 radical (unpaired) electrons. The number of aliphatic carboxylic acids is 1. The number of hydrogen-bond acceptors (Lipinski definition) is 6. The monoisotopic (exact) mass is 353 g/mol. The summed E-state index contributed by atoms with van der Waals surface area (Å²) in [6.07, 6.45) is -0.265. The smallest absolute Gasteiger partial charge is 0.234 e. The van der Waals surface area contributed by atoms with Gasteiger partial charge < -0.3 is 20.0 Å². The first kappa shape index (κ1) is 17.2. The minimum absolute atomic E-state index is 0.263. The molecule has 0 unspecified atom stereocenters. The highest BCUT2D eigenvalue weighted by atomic mass is 35.5. The number of halogens is 1. The number of nitrogens with one attached hydrogen (secondary N) is 1. The van der Waals surface area contributed by atoms with E-state index in [1.165, 1.54) is 18.4 Å². The molecule has 2 aromatic rings. The molecule has 122 valence electrons. The Labute approximate surface area is 142 Å². The van der Waals surface area contributed by atoms with Gasteiger partial charge in [0.15, 0.2) is 0 Å². The molecule has 0 saturated heterocycles. The van der Waals surface area contributed by atoms with Crippen LogP contribution >= 0.6 is 22.9 Å². The molecule has 1 heterocycles. The molecule has 0 aliphatic heterocycles.